The molecule has 0 fully saturated rings. The number of benzene rings is 2. The van der Waals surface area contributed by atoms with Crippen LogP contribution in [0.25, 0.3) is 21.7 Å². The summed E-state index contributed by atoms with van der Waals surface area (Å²) in [5.41, 5.74) is -0.278. The van der Waals surface area contributed by atoms with Gasteiger partial charge in [-0.25, -0.2) is 4.79 Å². The third kappa shape index (κ3) is 3.47. The van der Waals surface area contributed by atoms with Gasteiger partial charge in [-0.05, 0) is 24.6 Å². The normalized spacial score (nSPS) is 10.9. The van der Waals surface area contributed by atoms with Gasteiger partial charge in [0.05, 0.1) is 26.7 Å². The average molecular weight is 386 g/mol. The molecule has 0 amide bonds. The number of hydrogen-bond acceptors (Lipinski definition) is 7. The molecule has 1 heterocycles. The van der Waals surface area contributed by atoms with Gasteiger partial charge in [-0.15, -0.1) is 0 Å². The summed E-state index contributed by atoms with van der Waals surface area (Å²) >= 11 is 0. The van der Waals surface area contributed by atoms with Gasteiger partial charge in [0.25, 0.3) is 0 Å². The van der Waals surface area contributed by atoms with E-state index in [9.17, 15) is 9.59 Å². The van der Waals surface area contributed by atoms with E-state index in [1.54, 1.807) is 18.2 Å². The fourth-order valence-electron chi connectivity index (χ4n) is 3.10. The summed E-state index contributed by atoms with van der Waals surface area (Å²) in [6.45, 7) is 2.00. The van der Waals surface area contributed by atoms with Crippen LogP contribution in [0.15, 0.2) is 33.5 Å². The van der Waals surface area contributed by atoms with Crippen molar-refractivity contribution >= 4 is 27.7 Å². The van der Waals surface area contributed by atoms with Gasteiger partial charge in [-0.3, -0.25) is 4.79 Å². The van der Waals surface area contributed by atoms with Crippen molar-refractivity contribution in [3.63, 3.8) is 0 Å². The second-order valence-corrected chi connectivity index (χ2v) is 6.19. The van der Waals surface area contributed by atoms with E-state index in [-0.39, 0.29) is 11.6 Å². The number of unbranched alkanes of at least 4 members (excludes halogenated alkanes) is 1. The Morgan fingerprint density at radius 3 is 2.39 bits per heavy atom. The summed E-state index contributed by atoms with van der Waals surface area (Å²) in [5.74, 6) is 1.09. The molecule has 3 aromatic rings. The lowest BCUT2D eigenvalue weighted by atomic mass is 10.0. The first-order valence-corrected chi connectivity index (χ1v) is 8.94. The van der Waals surface area contributed by atoms with E-state index in [2.05, 4.69) is 0 Å². The molecule has 0 bridgehead atoms. The van der Waals surface area contributed by atoms with Gasteiger partial charge in [0.1, 0.15) is 11.3 Å². The molecular formula is C21H22O7. The summed E-state index contributed by atoms with van der Waals surface area (Å²) in [6, 6.07) is 6.45. The number of rotatable bonds is 7. The van der Waals surface area contributed by atoms with E-state index < -0.39 is 5.63 Å². The number of ether oxygens (including phenoxy) is 4. The van der Waals surface area contributed by atoms with Gasteiger partial charge < -0.3 is 23.4 Å². The quantitative estimate of drug-likeness (QED) is 0.262. The number of hydrogen-bond donors (Lipinski definition) is 0. The topological polar surface area (TPSA) is 84.2 Å². The number of esters is 1. The Labute approximate surface area is 161 Å². The molecule has 28 heavy (non-hydrogen) atoms. The van der Waals surface area contributed by atoms with Crippen LogP contribution in [0.3, 0.4) is 0 Å². The lowest BCUT2D eigenvalue weighted by molar-refractivity contribution is -0.134. The van der Waals surface area contributed by atoms with Gasteiger partial charge >= 0.3 is 11.6 Å². The van der Waals surface area contributed by atoms with Crippen molar-refractivity contribution in [2.24, 2.45) is 0 Å². The van der Waals surface area contributed by atoms with E-state index >= 15 is 0 Å². The SMILES string of the molecule is CCCCC(=O)Oc1ccc2c(c1)oc(=O)c1cc(OC)c(OC)c(OC)c12. The fourth-order valence-corrected chi connectivity index (χ4v) is 3.10. The standard InChI is InChI=1S/C21H22O7/c1-5-6-7-17(22)27-12-8-9-13-15(10-12)28-21(23)14-11-16(24-2)19(25-3)20(26-4)18(13)14/h8-11H,5-7H2,1-4H3. The number of methoxy groups -OCH3 is 3. The molecule has 1 aromatic heterocycles. The smallest absolute Gasteiger partial charge is 0.344 e. The molecule has 0 atom stereocenters. The zero-order valence-electron chi connectivity index (χ0n) is 16.3. The summed E-state index contributed by atoms with van der Waals surface area (Å²) < 4.78 is 27.0. The summed E-state index contributed by atoms with van der Waals surface area (Å²) in [7, 11) is 4.46. The average Bonchev–Trinajstić information content (AvgIpc) is 2.70. The molecule has 0 radical (unpaired) electrons. The van der Waals surface area contributed by atoms with Crippen LogP contribution >= 0.6 is 0 Å². The largest absolute Gasteiger partial charge is 0.493 e. The van der Waals surface area contributed by atoms with Crippen LogP contribution < -0.4 is 24.6 Å². The van der Waals surface area contributed by atoms with E-state index in [1.807, 2.05) is 6.92 Å². The van der Waals surface area contributed by atoms with E-state index in [1.165, 1.54) is 27.4 Å². The highest BCUT2D eigenvalue weighted by molar-refractivity contribution is 6.10. The molecule has 0 spiro atoms. The predicted molar refractivity (Wildman–Crippen MR) is 105 cm³/mol. The number of fused-ring (bicyclic) bond motifs is 3. The highest BCUT2D eigenvalue weighted by Gasteiger charge is 2.21. The molecular weight excluding hydrogens is 364 g/mol. The van der Waals surface area contributed by atoms with Crippen LogP contribution in [-0.4, -0.2) is 27.3 Å². The van der Waals surface area contributed by atoms with Crippen molar-refractivity contribution in [3.05, 3.63) is 34.7 Å². The first kappa shape index (κ1) is 19.5. The van der Waals surface area contributed by atoms with E-state index in [0.29, 0.717) is 45.6 Å². The minimum Gasteiger partial charge on any atom is -0.493 e. The Bertz CT molecular complexity index is 1080. The summed E-state index contributed by atoms with van der Waals surface area (Å²) in [6.07, 6.45) is 1.99. The van der Waals surface area contributed by atoms with Crippen molar-refractivity contribution < 1.29 is 28.2 Å². The molecule has 0 aliphatic carbocycles. The molecule has 0 saturated heterocycles. The molecule has 0 unspecified atom stereocenters. The first-order chi connectivity index (χ1) is 13.5. The van der Waals surface area contributed by atoms with Crippen molar-refractivity contribution in [1.29, 1.82) is 0 Å². The highest BCUT2D eigenvalue weighted by Crippen LogP contribution is 2.45. The second-order valence-electron chi connectivity index (χ2n) is 6.19. The Balaban J connectivity index is 2.21. The molecule has 3 rings (SSSR count). The minimum absolute atomic E-state index is 0.281. The number of carbonyl (C=O) groups excluding carboxylic acids is 1. The maximum atomic E-state index is 12.6. The monoisotopic (exact) mass is 386 g/mol. The third-order valence-corrected chi connectivity index (χ3v) is 4.44. The van der Waals surface area contributed by atoms with E-state index in [4.69, 9.17) is 23.4 Å². The van der Waals surface area contributed by atoms with Crippen molar-refractivity contribution in [3.8, 4) is 23.0 Å². The molecule has 2 aromatic carbocycles. The van der Waals surface area contributed by atoms with Crippen LogP contribution in [-0.2, 0) is 4.79 Å². The van der Waals surface area contributed by atoms with Crippen LogP contribution in [0.2, 0.25) is 0 Å². The predicted octanol–water partition coefficient (Wildman–Crippen LogP) is 4.07. The maximum Gasteiger partial charge on any atom is 0.344 e. The fraction of sp³-hybridized carbons (Fsp3) is 0.333. The molecule has 0 aliphatic rings. The van der Waals surface area contributed by atoms with Crippen LogP contribution in [0, 0.1) is 0 Å². The van der Waals surface area contributed by atoms with Crippen molar-refractivity contribution in [2.75, 3.05) is 21.3 Å². The van der Waals surface area contributed by atoms with Crippen LogP contribution in [0.1, 0.15) is 26.2 Å². The lowest BCUT2D eigenvalue weighted by Crippen LogP contribution is -2.07. The Kier molecular flexibility index (Phi) is 5.73. The highest BCUT2D eigenvalue weighted by atomic mass is 16.5. The summed E-state index contributed by atoms with van der Waals surface area (Å²) in [4.78, 5) is 24.5. The molecule has 148 valence electrons. The van der Waals surface area contributed by atoms with Crippen LogP contribution in [0.4, 0.5) is 0 Å². The molecule has 7 nitrogen and oxygen atoms in total. The molecule has 0 saturated carbocycles. The summed E-state index contributed by atoms with van der Waals surface area (Å²) in [5, 5.41) is 1.46. The third-order valence-electron chi connectivity index (χ3n) is 4.44. The Morgan fingerprint density at radius 2 is 1.75 bits per heavy atom. The zero-order valence-corrected chi connectivity index (χ0v) is 16.3. The lowest BCUT2D eigenvalue weighted by Gasteiger charge is -2.15. The van der Waals surface area contributed by atoms with Crippen LogP contribution in [0.5, 0.6) is 23.0 Å². The second kappa shape index (κ2) is 8.21. The molecule has 0 aliphatic heterocycles. The number of carbonyl (C=O) groups is 1. The van der Waals surface area contributed by atoms with Crippen molar-refractivity contribution in [1.82, 2.24) is 0 Å². The van der Waals surface area contributed by atoms with Crippen molar-refractivity contribution in [2.45, 2.75) is 26.2 Å². The Hall–Kier alpha value is -3.22. The molecule has 7 heteroatoms. The van der Waals surface area contributed by atoms with Gasteiger partial charge in [-0.1, -0.05) is 13.3 Å². The van der Waals surface area contributed by atoms with Gasteiger partial charge in [0, 0.05) is 23.3 Å². The maximum absolute atomic E-state index is 12.6. The zero-order chi connectivity index (χ0) is 20.3. The molecule has 0 N–H and O–H groups in total. The Morgan fingerprint density at radius 1 is 1.00 bits per heavy atom. The van der Waals surface area contributed by atoms with Gasteiger partial charge in [0.15, 0.2) is 11.5 Å². The first-order valence-electron chi connectivity index (χ1n) is 8.94. The van der Waals surface area contributed by atoms with Gasteiger partial charge in [-0.2, -0.15) is 0 Å². The minimum atomic E-state index is -0.559. The van der Waals surface area contributed by atoms with Gasteiger partial charge in [0.2, 0.25) is 5.75 Å². The van der Waals surface area contributed by atoms with E-state index in [0.717, 1.165) is 12.8 Å².